The molecule has 2 aliphatic heterocycles. The molecule has 0 atom stereocenters. The normalized spacial score (nSPS) is 21.5. The minimum absolute atomic E-state index is 0.385. The topological polar surface area (TPSA) is 43.9 Å². The lowest BCUT2D eigenvalue weighted by Gasteiger charge is -2.39. The van der Waals surface area contributed by atoms with Crippen molar-refractivity contribution in [1.82, 2.24) is 9.80 Å². The van der Waals surface area contributed by atoms with Gasteiger partial charge in [0.05, 0.1) is 10.1 Å². The molecule has 5 nitrogen and oxygen atoms in total. The second kappa shape index (κ2) is 8.28. The molecule has 2 aliphatic rings. The van der Waals surface area contributed by atoms with E-state index in [2.05, 4.69) is 21.7 Å². The first-order valence-electron chi connectivity index (χ1n) is 9.86. The number of likely N-dealkylation sites (tertiary alicyclic amines) is 1. The number of piperazine rings is 1. The number of anilines is 1. The van der Waals surface area contributed by atoms with Crippen LogP contribution in [0.2, 0.25) is 0 Å². The van der Waals surface area contributed by atoms with E-state index in [1.54, 1.807) is 19.9 Å². The zero-order valence-electron chi connectivity index (χ0n) is 16.4. The number of rotatable bonds is 5. The molecule has 146 valence electrons. The van der Waals surface area contributed by atoms with Crippen molar-refractivity contribution in [3.8, 4) is 0 Å². The van der Waals surface area contributed by atoms with Crippen LogP contribution >= 0.6 is 0 Å². The smallest absolute Gasteiger partial charge is 0.180 e. The number of hydrogen-bond donors (Lipinski definition) is 0. The summed E-state index contributed by atoms with van der Waals surface area (Å²) >= 11 is 0. The summed E-state index contributed by atoms with van der Waals surface area (Å²) in [7, 11) is -1.00. The van der Waals surface area contributed by atoms with E-state index < -0.39 is 9.84 Å². The van der Waals surface area contributed by atoms with Gasteiger partial charge in [-0.1, -0.05) is 6.07 Å². The summed E-state index contributed by atoms with van der Waals surface area (Å²) in [6.45, 7) is 11.2. The lowest BCUT2D eigenvalue weighted by atomic mass is 9.96. The second-order valence-electron chi connectivity index (χ2n) is 8.13. The molecule has 0 saturated carbocycles. The molecule has 1 aromatic carbocycles. The summed E-state index contributed by atoms with van der Waals surface area (Å²) in [6, 6.07) is 7.47. The van der Waals surface area contributed by atoms with E-state index in [9.17, 15) is 8.42 Å². The highest BCUT2D eigenvalue weighted by Crippen LogP contribution is 2.24. The number of hydrogen-bond acceptors (Lipinski definition) is 5. The SMILES string of the molecule is CC(C)S(=O)(=O)c1cccc(N2CCN(CC3CCN(C)CC3)CC2)c1. The van der Waals surface area contributed by atoms with Crippen LogP contribution in [0.25, 0.3) is 0 Å². The number of nitrogens with zero attached hydrogens (tertiary/aromatic N) is 3. The van der Waals surface area contributed by atoms with Crippen LogP contribution in [0.4, 0.5) is 5.69 Å². The van der Waals surface area contributed by atoms with Crippen molar-refractivity contribution in [2.45, 2.75) is 36.8 Å². The van der Waals surface area contributed by atoms with Gasteiger partial charge in [0.25, 0.3) is 0 Å². The molecule has 6 heteroatoms. The second-order valence-corrected chi connectivity index (χ2v) is 10.6. The van der Waals surface area contributed by atoms with Crippen LogP contribution in [0, 0.1) is 5.92 Å². The van der Waals surface area contributed by atoms with Crippen molar-refractivity contribution in [1.29, 1.82) is 0 Å². The molecule has 2 saturated heterocycles. The Balaban J connectivity index is 1.57. The van der Waals surface area contributed by atoms with Crippen molar-refractivity contribution in [3.63, 3.8) is 0 Å². The molecular weight excluding hydrogens is 346 g/mol. The lowest BCUT2D eigenvalue weighted by Crippen LogP contribution is -2.48. The third kappa shape index (κ3) is 4.59. The van der Waals surface area contributed by atoms with Crippen LogP contribution in [-0.2, 0) is 9.84 Å². The van der Waals surface area contributed by atoms with Gasteiger partial charge in [-0.05, 0) is 70.9 Å². The van der Waals surface area contributed by atoms with Gasteiger partial charge in [-0.25, -0.2) is 8.42 Å². The molecule has 0 aromatic heterocycles. The summed E-state index contributed by atoms with van der Waals surface area (Å²) in [5.74, 6) is 0.831. The van der Waals surface area contributed by atoms with Crippen molar-refractivity contribution < 1.29 is 8.42 Å². The number of piperidine rings is 1. The van der Waals surface area contributed by atoms with Crippen molar-refractivity contribution in [3.05, 3.63) is 24.3 Å². The van der Waals surface area contributed by atoms with E-state index in [1.807, 2.05) is 18.2 Å². The fraction of sp³-hybridized carbons (Fsp3) is 0.700. The molecule has 0 radical (unpaired) electrons. The predicted octanol–water partition coefficient (Wildman–Crippen LogP) is 2.33. The molecule has 26 heavy (non-hydrogen) atoms. The molecule has 2 heterocycles. The highest BCUT2D eigenvalue weighted by Gasteiger charge is 2.24. The quantitative estimate of drug-likeness (QED) is 0.786. The van der Waals surface area contributed by atoms with E-state index in [1.165, 1.54) is 32.5 Å². The number of sulfone groups is 1. The van der Waals surface area contributed by atoms with Crippen molar-refractivity contribution in [2.24, 2.45) is 5.92 Å². The molecule has 2 fully saturated rings. The average Bonchev–Trinajstić information content (AvgIpc) is 2.64. The average molecular weight is 380 g/mol. The van der Waals surface area contributed by atoms with Gasteiger partial charge >= 0.3 is 0 Å². The zero-order valence-corrected chi connectivity index (χ0v) is 17.2. The summed E-state index contributed by atoms with van der Waals surface area (Å²) < 4.78 is 24.9. The molecule has 0 spiro atoms. The lowest BCUT2D eigenvalue weighted by molar-refractivity contribution is 0.155. The summed E-state index contributed by atoms with van der Waals surface area (Å²) in [5, 5.41) is -0.385. The minimum atomic E-state index is -3.21. The Bertz CT molecular complexity index is 689. The standard InChI is InChI=1S/C20H33N3O2S/c1-17(2)26(24,25)20-6-4-5-19(15-20)23-13-11-22(12-14-23)16-18-7-9-21(3)10-8-18/h4-6,15,17-18H,7-14,16H2,1-3H3. The van der Waals surface area contributed by atoms with Crippen LogP contribution in [0.15, 0.2) is 29.2 Å². The van der Waals surface area contributed by atoms with Gasteiger partial charge in [0.1, 0.15) is 0 Å². The molecule has 0 N–H and O–H groups in total. The maximum Gasteiger partial charge on any atom is 0.180 e. The Morgan fingerprint density at radius 3 is 2.31 bits per heavy atom. The van der Waals surface area contributed by atoms with Gasteiger partial charge in [0.15, 0.2) is 9.84 Å². The van der Waals surface area contributed by atoms with E-state index in [4.69, 9.17) is 0 Å². The van der Waals surface area contributed by atoms with E-state index in [0.717, 1.165) is 37.8 Å². The third-order valence-electron chi connectivity index (χ3n) is 5.86. The van der Waals surface area contributed by atoms with Crippen molar-refractivity contribution in [2.75, 3.05) is 57.8 Å². The fourth-order valence-electron chi connectivity index (χ4n) is 3.93. The first-order valence-corrected chi connectivity index (χ1v) is 11.4. The Labute approximate surface area is 158 Å². The highest BCUT2D eigenvalue weighted by molar-refractivity contribution is 7.92. The maximum atomic E-state index is 12.4. The monoisotopic (exact) mass is 379 g/mol. The highest BCUT2D eigenvalue weighted by atomic mass is 32.2. The van der Waals surface area contributed by atoms with Gasteiger partial charge in [-0.3, -0.25) is 4.90 Å². The first kappa shape index (κ1) is 19.6. The van der Waals surface area contributed by atoms with E-state index in [0.29, 0.717) is 4.90 Å². The minimum Gasteiger partial charge on any atom is -0.369 e. The van der Waals surface area contributed by atoms with E-state index in [-0.39, 0.29) is 5.25 Å². The molecule has 0 unspecified atom stereocenters. The van der Waals surface area contributed by atoms with Crippen LogP contribution in [0.3, 0.4) is 0 Å². The Morgan fingerprint density at radius 2 is 1.69 bits per heavy atom. The van der Waals surface area contributed by atoms with Crippen LogP contribution in [0.1, 0.15) is 26.7 Å². The Hall–Kier alpha value is -1.11. The molecule has 0 bridgehead atoms. The molecule has 3 rings (SSSR count). The summed E-state index contributed by atoms with van der Waals surface area (Å²) in [4.78, 5) is 7.77. The molecule has 0 amide bonds. The van der Waals surface area contributed by atoms with Crippen LogP contribution in [0.5, 0.6) is 0 Å². The van der Waals surface area contributed by atoms with Crippen molar-refractivity contribution >= 4 is 15.5 Å². The molecule has 0 aliphatic carbocycles. The van der Waals surface area contributed by atoms with Gasteiger partial charge in [0.2, 0.25) is 0 Å². The number of benzene rings is 1. The third-order valence-corrected chi connectivity index (χ3v) is 8.01. The molecule has 1 aromatic rings. The van der Waals surface area contributed by atoms with Crippen LogP contribution in [-0.4, -0.2) is 76.3 Å². The zero-order chi connectivity index (χ0) is 18.7. The fourth-order valence-corrected chi connectivity index (χ4v) is 5.03. The Morgan fingerprint density at radius 1 is 1.04 bits per heavy atom. The van der Waals surface area contributed by atoms with Crippen LogP contribution < -0.4 is 4.90 Å². The molecular formula is C20H33N3O2S. The maximum absolute atomic E-state index is 12.4. The van der Waals surface area contributed by atoms with Gasteiger partial charge in [0, 0.05) is 38.4 Å². The predicted molar refractivity (Wildman–Crippen MR) is 108 cm³/mol. The summed E-state index contributed by atoms with van der Waals surface area (Å²) in [6.07, 6.45) is 2.62. The largest absolute Gasteiger partial charge is 0.369 e. The van der Waals surface area contributed by atoms with Gasteiger partial charge in [-0.2, -0.15) is 0 Å². The van der Waals surface area contributed by atoms with E-state index >= 15 is 0 Å². The van der Waals surface area contributed by atoms with Gasteiger partial charge < -0.3 is 9.80 Å². The summed E-state index contributed by atoms with van der Waals surface area (Å²) in [5.41, 5.74) is 1.03. The Kier molecular flexibility index (Phi) is 6.25. The first-order chi connectivity index (χ1) is 12.4. The van der Waals surface area contributed by atoms with Gasteiger partial charge in [-0.15, -0.1) is 0 Å².